The van der Waals surface area contributed by atoms with E-state index in [1.165, 1.54) is 0 Å². The van der Waals surface area contributed by atoms with Crippen molar-refractivity contribution in [2.45, 2.75) is 18.9 Å². The van der Waals surface area contributed by atoms with Crippen molar-refractivity contribution in [1.82, 2.24) is 19.9 Å². The van der Waals surface area contributed by atoms with Crippen LogP contribution in [0.5, 0.6) is 5.75 Å². The summed E-state index contributed by atoms with van der Waals surface area (Å²) in [5, 5.41) is 3.60. The van der Waals surface area contributed by atoms with E-state index in [1.54, 1.807) is 37.7 Å². The molecular weight excluding hydrogens is 390 g/mol. The summed E-state index contributed by atoms with van der Waals surface area (Å²) in [5.74, 6) is 1.04. The Balaban J connectivity index is 1.44. The van der Waals surface area contributed by atoms with Crippen molar-refractivity contribution in [1.29, 1.82) is 0 Å². The van der Waals surface area contributed by atoms with Crippen molar-refractivity contribution in [3.05, 3.63) is 65.7 Å². The molecule has 0 unspecified atom stereocenters. The maximum Gasteiger partial charge on any atom is 0.255 e. The number of rotatable bonds is 5. The number of carbonyl (C=O) groups excluding carboxylic acids is 1. The molecule has 1 aromatic carbocycles. The lowest BCUT2D eigenvalue weighted by Gasteiger charge is -2.32. The van der Waals surface area contributed by atoms with E-state index < -0.39 is 0 Å². The molecule has 1 fully saturated rings. The van der Waals surface area contributed by atoms with E-state index in [2.05, 4.69) is 20.2 Å². The molecule has 3 aromatic rings. The van der Waals surface area contributed by atoms with Crippen LogP contribution in [-0.4, -0.2) is 46.7 Å². The van der Waals surface area contributed by atoms with E-state index >= 15 is 0 Å². The molecule has 0 saturated carbocycles. The minimum Gasteiger partial charge on any atom is -0.496 e. The lowest BCUT2D eigenvalue weighted by Crippen LogP contribution is -2.45. The van der Waals surface area contributed by atoms with Crippen molar-refractivity contribution in [2.75, 3.05) is 25.1 Å². The van der Waals surface area contributed by atoms with Gasteiger partial charge in [0.15, 0.2) is 0 Å². The molecule has 0 radical (unpaired) electrons. The second-order valence-electron chi connectivity index (χ2n) is 6.88. The first-order valence-electron chi connectivity index (χ1n) is 9.49. The highest BCUT2D eigenvalue weighted by Gasteiger charge is 2.24. The molecule has 0 atom stereocenters. The maximum atomic E-state index is 12.9. The van der Waals surface area contributed by atoms with Crippen LogP contribution in [0.3, 0.4) is 0 Å². The van der Waals surface area contributed by atoms with Gasteiger partial charge in [-0.05, 0) is 37.1 Å². The summed E-state index contributed by atoms with van der Waals surface area (Å²) in [6, 6.07) is 9.16. The van der Waals surface area contributed by atoms with Crippen LogP contribution in [0.25, 0.3) is 5.69 Å². The summed E-state index contributed by atoms with van der Waals surface area (Å²) in [5.41, 5.74) is 1.20. The number of piperidine rings is 1. The number of carbonyl (C=O) groups is 1. The molecule has 1 amide bonds. The topological polar surface area (TPSA) is 72.3 Å². The standard InChI is InChI=1S/C21H22ClN5O2/c1-29-19-14-18(26-9-2-3-10-26)17(22)13-16(19)20(28)25-15-5-11-27(12-6-15)21-23-7-4-8-24-21/h2-4,7-10,13-15H,5-6,11-12H2,1H3,(H,25,28). The van der Waals surface area contributed by atoms with Crippen LogP contribution in [-0.2, 0) is 0 Å². The fourth-order valence-corrected chi connectivity index (χ4v) is 3.78. The maximum absolute atomic E-state index is 12.9. The van der Waals surface area contributed by atoms with Gasteiger partial charge in [0.2, 0.25) is 5.95 Å². The molecule has 1 N–H and O–H groups in total. The first-order chi connectivity index (χ1) is 14.2. The van der Waals surface area contributed by atoms with Crippen molar-refractivity contribution >= 4 is 23.5 Å². The number of nitrogens with one attached hydrogen (secondary N) is 1. The van der Waals surface area contributed by atoms with E-state index in [9.17, 15) is 4.79 Å². The van der Waals surface area contributed by atoms with Crippen LogP contribution in [0.4, 0.5) is 5.95 Å². The predicted octanol–water partition coefficient (Wildman–Crippen LogP) is 3.33. The third kappa shape index (κ3) is 4.19. The van der Waals surface area contributed by atoms with Gasteiger partial charge < -0.3 is 19.5 Å². The fourth-order valence-electron chi connectivity index (χ4n) is 3.52. The van der Waals surface area contributed by atoms with Crippen molar-refractivity contribution in [2.24, 2.45) is 0 Å². The van der Waals surface area contributed by atoms with E-state index in [0.717, 1.165) is 37.6 Å². The summed E-state index contributed by atoms with van der Waals surface area (Å²) >= 11 is 6.45. The average Bonchev–Trinajstić information content (AvgIpc) is 3.29. The van der Waals surface area contributed by atoms with E-state index in [1.807, 2.05) is 29.1 Å². The van der Waals surface area contributed by atoms with Gasteiger partial charge in [-0.25, -0.2) is 9.97 Å². The quantitative estimate of drug-likeness (QED) is 0.697. The zero-order valence-electron chi connectivity index (χ0n) is 16.1. The molecule has 0 bridgehead atoms. The van der Waals surface area contributed by atoms with Crippen molar-refractivity contribution in [3.8, 4) is 11.4 Å². The Labute approximate surface area is 174 Å². The van der Waals surface area contributed by atoms with Gasteiger partial charge in [-0.15, -0.1) is 0 Å². The minimum absolute atomic E-state index is 0.0788. The third-order valence-electron chi connectivity index (χ3n) is 5.06. The van der Waals surface area contributed by atoms with Crippen molar-refractivity contribution in [3.63, 3.8) is 0 Å². The Bertz CT molecular complexity index is 970. The van der Waals surface area contributed by atoms with E-state index in [-0.39, 0.29) is 11.9 Å². The first kappa shape index (κ1) is 19.3. The molecule has 1 aliphatic heterocycles. The highest BCUT2D eigenvalue weighted by molar-refractivity contribution is 6.33. The number of halogens is 1. The normalized spacial score (nSPS) is 14.6. The van der Waals surface area contributed by atoms with Crippen LogP contribution in [0.15, 0.2) is 55.1 Å². The number of aromatic nitrogens is 3. The number of ether oxygens (including phenoxy) is 1. The third-order valence-corrected chi connectivity index (χ3v) is 5.36. The summed E-state index contributed by atoms with van der Waals surface area (Å²) in [4.78, 5) is 23.6. The zero-order chi connectivity index (χ0) is 20.2. The molecule has 0 spiro atoms. The van der Waals surface area contributed by atoms with Crippen molar-refractivity contribution < 1.29 is 9.53 Å². The van der Waals surface area contributed by atoms with Crippen LogP contribution >= 0.6 is 11.6 Å². The average molecular weight is 412 g/mol. The molecule has 150 valence electrons. The zero-order valence-corrected chi connectivity index (χ0v) is 16.8. The second kappa shape index (κ2) is 8.53. The number of hydrogen-bond donors (Lipinski definition) is 1. The molecule has 29 heavy (non-hydrogen) atoms. The second-order valence-corrected chi connectivity index (χ2v) is 7.28. The molecule has 0 aliphatic carbocycles. The summed E-state index contributed by atoms with van der Waals surface area (Å²) in [6.07, 6.45) is 8.91. The van der Waals surface area contributed by atoms with Crippen LogP contribution < -0.4 is 15.0 Å². The first-order valence-corrected chi connectivity index (χ1v) is 9.87. The summed E-state index contributed by atoms with van der Waals surface area (Å²) < 4.78 is 7.35. The van der Waals surface area contributed by atoms with Crippen LogP contribution in [0.2, 0.25) is 5.02 Å². The van der Waals surface area contributed by atoms with Gasteiger partial charge in [-0.2, -0.15) is 0 Å². The number of hydrogen-bond acceptors (Lipinski definition) is 5. The Morgan fingerprint density at radius 1 is 1.14 bits per heavy atom. The Kier molecular flexibility index (Phi) is 5.67. The van der Waals surface area contributed by atoms with E-state index in [0.29, 0.717) is 16.3 Å². The van der Waals surface area contributed by atoms with Crippen LogP contribution in [0.1, 0.15) is 23.2 Å². The van der Waals surface area contributed by atoms with Gasteiger partial charge in [0.05, 0.1) is 23.4 Å². The molecule has 1 saturated heterocycles. The van der Waals surface area contributed by atoms with Gasteiger partial charge in [0.25, 0.3) is 5.91 Å². The summed E-state index contributed by atoms with van der Waals surface area (Å²) in [7, 11) is 1.55. The fraction of sp³-hybridized carbons (Fsp3) is 0.286. The molecule has 8 heteroatoms. The van der Waals surface area contributed by atoms with Gasteiger partial charge in [-0.1, -0.05) is 11.6 Å². The summed E-state index contributed by atoms with van der Waals surface area (Å²) in [6.45, 7) is 1.58. The lowest BCUT2D eigenvalue weighted by molar-refractivity contribution is 0.0928. The molecule has 2 aromatic heterocycles. The Morgan fingerprint density at radius 3 is 2.48 bits per heavy atom. The van der Waals surface area contributed by atoms with Gasteiger partial charge in [0.1, 0.15) is 5.75 Å². The number of anilines is 1. The highest BCUT2D eigenvalue weighted by atomic mass is 35.5. The Hall–Kier alpha value is -3.06. The Morgan fingerprint density at radius 2 is 1.83 bits per heavy atom. The smallest absolute Gasteiger partial charge is 0.255 e. The lowest BCUT2D eigenvalue weighted by atomic mass is 10.0. The highest BCUT2D eigenvalue weighted by Crippen LogP contribution is 2.30. The largest absolute Gasteiger partial charge is 0.496 e. The van der Waals surface area contributed by atoms with E-state index in [4.69, 9.17) is 16.3 Å². The molecule has 1 aliphatic rings. The molecular formula is C21H22ClN5O2. The molecule has 7 nitrogen and oxygen atoms in total. The van der Waals surface area contributed by atoms with Gasteiger partial charge in [0, 0.05) is 50.0 Å². The predicted molar refractivity (Wildman–Crippen MR) is 112 cm³/mol. The van der Waals surface area contributed by atoms with Gasteiger partial charge >= 0.3 is 0 Å². The number of methoxy groups -OCH3 is 1. The van der Waals surface area contributed by atoms with Gasteiger partial charge in [-0.3, -0.25) is 4.79 Å². The monoisotopic (exact) mass is 411 g/mol. The number of benzene rings is 1. The number of amides is 1. The molecule has 3 heterocycles. The number of nitrogens with zero attached hydrogens (tertiary/aromatic N) is 4. The minimum atomic E-state index is -0.183. The van der Waals surface area contributed by atoms with Crippen LogP contribution in [0, 0.1) is 0 Å². The molecule has 4 rings (SSSR count). The SMILES string of the molecule is COc1cc(-n2cccc2)c(Cl)cc1C(=O)NC1CCN(c2ncccn2)CC1.